The minimum absolute atomic E-state index is 0.0287. The van der Waals surface area contributed by atoms with Gasteiger partial charge < -0.3 is 4.74 Å². The number of nitrogens with zero attached hydrogens (tertiary/aromatic N) is 2. The van der Waals surface area contributed by atoms with Crippen LogP contribution in [0.15, 0.2) is 54.6 Å². The first-order valence-corrected chi connectivity index (χ1v) is 13.8. The third-order valence-corrected chi connectivity index (χ3v) is 7.43. The summed E-state index contributed by atoms with van der Waals surface area (Å²) in [6.45, 7) is 5.79. The van der Waals surface area contributed by atoms with E-state index in [0.29, 0.717) is 40.1 Å². The van der Waals surface area contributed by atoms with Gasteiger partial charge in [-0.15, -0.1) is 0 Å². The van der Waals surface area contributed by atoms with E-state index < -0.39 is 5.97 Å². The van der Waals surface area contributed by atoms with Crippen molar-refractivity contribution >= 4 is 34.7 Å². The second-order valence-electron chi connectivity index (χ2n) is 8.80. The van der Waals surface area contributed by atoms with E-state index in [0.717, 1.165) is 11.3 Å². The standard InChI is InChI=1S/C30H31N2O5S/c1-5-23-24(30(36)38-7-3)22(17-18-32-27(33)20-15-11-12-16-21(20)28(32)34)25(29(35)37-6-2)26(31(23)4)19-13-9-8-10-14-19/h8-16H,5-7,17-18H2,1-4H3/q+1. The average Bonchev–Trinajstić information content (AvgIpc) is 3.17. The van der Waals surface area contributed by atoms with Crippen LogP contribution in [0.5, 0.6) is 0 Å². The predicted octanol–water partition coefficient (Wildman–Crippen LogP) is 4.65. The van der Waals surface area contributed by atoms with Gasteiger partial charge in [0.15, 0.2) is 5.69 Å². The SMILES string of the molecule is CCOC(=O)c1c(CCN2C(=O)c3ccccc3C2=O)c(C(=O)SCC)c(CC)[n+](C)c1-c1ccccc1. The maximum atomic E-state index is 13.5. The molecule has 1 aliphatic heterocycles. The van der Waals surface area contributed by atoms with Crippen LogP contribution in [0.4, 0.5) is 0 Å². The number of hydrogen-bond acceptors (Lipinski definition) is 6. The number of ether oxygens (including phenoxy) is 1. The van der Waals surface area contributed by atoms with Crippen LogP contribution in [0.25, 0.3) is 11.3 Å². The first-order valence-electron chi connectivity index (χ1n) is 12.8. The van der Waals surface area contributed by atoms with Crippen LogP contribution in [0, 0.1) is 0 Å². The van der Waals surface area contributed by atoms with Crippen LogP contribution in [0.1, 0.15) is 73.5 Å². The number of fused-ring (bicyclic) bond motifs is 1. The zero-order chi connectivity index (χ0) is 27.4. The number of carbonyl (C=O) groups is 4. The maximum Gasteiger partial charge on any atom is 0.345 e. The van der Waals surface area contributed by atoms with Crippen LogP contribution < -0.4 is 4.57 Å². The van der Waals surface area contributed by atoms with E-state index in [1.54, 1.807) is 31.2 Å². The fourth-order valence-electron chi connectivity index (χ4n) is 5.04. The fraction of sp³-hybridized carbons (Fsp3) is 0.300. The van der Waals surface area contributed by atoms with Crippen molar-refractivity contribution in [1.29, 1.82) is 0 Å². The molecule has 4 rings (SSSR count). The molecule has 1 aliphatic rings. The Morgan fingerprint density at radius 2 is 1.50 bits per heavy atom. The van der Waals surface area contributed by atoms with Gasteiger partial charge >= 0.3 is 5.97 Å². The Morgan fingerprint density at radius 3 is 2.05 bits per heavy atom. The number of amides is 2. The van der Waals surface area contributed by atoms with Crippen molar-refractivity contribution in [1.82, 2.24) is 4.90 Å². The number of imide groups is 1. The molecule has 0 fully saturated rings. The number of pyridine rings is 1. The molecule has 7 nitrogen and oxygen atoms in total. The summed E-state index contributed by atoms with van der Waals surface area (Å²) in [6, 6.07) is 16.2. The normalized spacial score (nSPS) is 12.6. The number of carbonyl (C=O) groups excluding carboxylic acids is 4. The van der Waals surface area contributed by atoms with E-state index in [4.69, 9.17) is 4.74 Å². The Labute approximate surface area is 226 Å². The van der Waals surface area contributed by atoms with Gasteiger partial charge in [-0.3, -0.25) is 19.3 Å². The van der Waals surface area contributed by atoms with E-state index >= 15 is 0 Å². The first-order chi connectivity index (χ1) is 18.3. The van der Waals surface area contributed by atoms with Gasteiger partial charge in [0.05, 0.1) is 17.7 Å². The summed E-state index contributed by atoms with van der Waals surface area (Å²) < 4.78 is 7.40. The van der Waals surface area contributed by atoms with Crippen LogP contribution in [0.2, 0.25) is 0 Å². The summed E-state index contributed by atoms with van der Waals surface area (Å²) in [4.78, 5) is 54.4. The number of rotatable bonds is 9. The van der Waals surface area contributed by atoms with E-state index in [1.807, 2.05) is 55.8 Å². The van der Waals surface area contributed by atoms with Crippen molar-refractivity contribution in [3.63, 3.8) is 0 Å². The molecule has 2 aromatic carbocycles. The second kappa shape index (κ2) is 11.7. The van der Waals surface area contributed by atoms with Gasteiger partial charge in [0, 0.05) is 18.5 Å². The highest BCUT2D eigenvalue weighted by molar-refractivity contribution is 8.14. The van der Waals surface area contributed by atoms with E-state index in [9.17, 15) is 19.2 Å². The molecule has 0 saturated heterocycles. The zero-order valence-corrected chi connectivity index (χ0v) is 22.9. The van der Waals surface area contributed by atoms with E-state index in [1.165, 1.54) is 16.7 Å². The first kappa shape index (κ1) is 27.3. The summed E-state index contributed by atoms with van der Waals surface area (Å²) in [6.07, 6.45) is 0.684. The lowest BCUT2D eigenvalue weighted by molar-refractivity contribution is -0.668. The van der Waals surface area contributed by atoms with Crippen molar-refractivity contribution in [2.45, 2.75) is 33.6 Å². The highest BCUT2D eigenvalue weighted by Crippen LogP contribution is 2.32. The quantitative estimate of drug-likeness (QED) is 0.227. The van der Waals surface area contributed by atoms with Gasteiger partial charge in [-0.25, -0.2) is 4.79 Å². The summed E-state index contributed by atoms with van der Waals surface area (Å²) in [5, 5.41) is -0.150. The molecule has 0 saturated carbocycles. The lowest BCUT2D eigenvalue weighted by Gasteiger charge is -2.20. The lowest BCUT2D eigenvalue weighted by Crippen LogP contribution is -2.42. The average molecular weight is 532 g/mol. The van der Waals surface area contributed by atoms with Gasteiger partial charge in [0.1, 0.15) is 18.2 Å². The lowest BCUT2D eigenvalue weighted by atomic mass is 9.91. The highest BCUT2D eigenvalue weighted by atomic mass is 32.2. The topological polar surface area (TPSA) is 84.6 Å². The number of esters is 1. The molecule has 2 heterocycles. The molecular formula is C30H31N2O5S+. The van der Waals surface area contributed by atoms with Gasteiger partial charge in [-0.1, -0.05) is 55.9 Å². The monoisotopic (exact) mass is 531 g/mol. The molecule has 0 atom stereocenters. The third-order valence-electron chi connectivity index (χ3n) is 6.67. The molecule has 1 aromatic heterocycles. The Hall–Kier alpha value is -3.78. The largest absolute Gasteiger partial charge is 0.462 e. The number of hydrogen-bond donors (Lipinski definition) is 0. The molecule has 2 amide bonds. The molecule has 0 radical (unpaired) electrons. The second-order valence-corrected chi connectivity index (χ2v) is 10.0. The van der Waals surface area contributed by atoms with E-state index in [-0.39, 0.29) is 42.1 Å². The van der Waals surface area contributed by atoms with Gasteiger partial charge in [0.25, 0.3) is 11.8 Å². The molecule has 3 aromatic rings. The number of thioether (sulfide) groups is 1. The summed E-state index contributed by atoms with van der Waals surface area (Å²) in [5.74, 6) is -0.727. The van der Waals surface area contributed by atoms with Crippen molar-refractivity contribution < 1.29 is 28.5 Å². The Kier molecular flexibility index (Phi) is 8.42. The molecule has 0 unspecified atom stereocenters. The van der Waals surface area contributed by atoms with Crippen LogP contribution in [0.3, 0.4) is 0 Å². The van der Waals surface area contributed by atoms with Crippen molar-refractivity contribution in [2.75, 3.05) is 18.9 Å². The summed E-state index contributed by atoms with van der Waals surface area (Å²) in [5.41, 5.74) is 4.17. The van der Waals surface area contributed by atoms with Crippen molar-refractivity contribution in [3.05, 3.63) is 88.1 Å². The molecule has 196 valence electrons. The zero-order valence-electron chi connectivity index (χ0n) is 22.1. The summed E-state index contributed by atoms with van der Waals surface area (Å²) >= 11 is 1.17. The molecule has 38 heavy (non-hydrogen) atoms. The third kappa shape index (κ3) is 4.88. The minimum Gasteiger partial charge on any atom is -0.462 e. The van der Waals surface area contributed by atoms with Gasteiger partial charge in [-0.2, -0.15) is 4.57 Å². The molecule has 8 heteroatoms. The van der Waals surface area contributed by atoms with Crippen LogP contribution in [-0.2, 0) is 24.6 Å². The number of benzene rings is 2. The van der Waals surface area contributed by atoms with Gasteiger partial charge in [0.2, 0.25) is 10.8 Å². The Morgan fingerprint density at radius 1 is 0.895 bits per heavy atom. The van der Waals surface area contributed by atoms with Crippen molar-refractivity contribution in [2.24, 2.45) is 7.05 Å². The van der Waals surface area contributed by atoms with Crippen molar-refractivity contribution in [3.8, 4) is 11.3 Å². The van der Waals surface area contributed by atoms with E-state index in [2.05, 4.69) is 0 Å². The molecule has 0 spiro atoms. The predicted molar refractivity (Wildman–Crippen MR) is 146 cm³/mol. The Bertz CT molecular complexity index is 1380. The molecule has 0 aliphatic carbocycles. The molecular weight excluding hydrogens is 500 g/mol. The maximum absolute atomic E-state index is 13.5. The minimum atomic E-state index is -0.544. The Balaban J connectivity index is 1.93. The number of aromatic nitrogens is 1. The highest BCUT2D eigenvalue weighted by Gasteiger charge is 2.38. The van der Waals surface area contributed by atoms with Gasteiger partial charge in [-0.05, 0) is 48.9 Å². The fourth-order valence-corrected chi connectivity index (χ4v) is 5.69. The summed E-state index contributed by atoms with van der Waals surface area (Å²) in [7, 11) is 1.85. The molecule has 0 bridgehead atoms. The molecule has 0 N–H and O–H groups in total. The van der Waals surface area contributed by atoms with Crippen LogP contribution >= 0.6 is 11.8 Å². The van der Waals surface area contributed by atoms with Crippen LogP contribution in [-0.4, -0.2) is 46.7 Å². The smallest absolute Gasteiger partial charge is 0.345 e.